The van der Waals surface area contributed by atoms with Crippen molar-refractivity contribution in [3.05, 3.63) is 102 Å². The lowest BCUT2D eigenvalue weighted by molar-refractivity contribution is 0.219. The Hall–Kier alpha value is -2.98. The molecule has 0 aliphatic carbocycles. The molecule has 166 valence electrons. The standard InChI is InChI=1S/C22H27N3.C6H5F/c1-3-24-13-10-20(11-14-24)25-15-9-18-7-8-19(16-22(18)25)17(2)21-6-4-5-12-23-21;7-6-4-2-1-3-5-6/h4-8,12,16,20H,2-3,9-11,13-15H2,1H3;1-5H. The molecule has 0 saturated carbocycles. The minimum absolute atomic E-state index is 0.178. The summed E-state index contributed by atoms with van der Waals surface area (Å²) in [6.07, 6.45) is 5.55. The number of benzene rings is 2. The molecular formula is C28H32FN3. The summed E-state index contributed by atoms with van der Waals surface area (Å²) < 4.78 is 11.9. The van der Waals surface area contributed by atoms with E-state index in [1.54, 1.807) is 18.2 Å². The molecule has 3 heterocycles. The van der Waals surface area contributed by atoms with Gasteiger partial charge in [0.05, 0.1) is 5.69 Å². The van der Waals surface area contributed by atoms with Crippen LogP contribution < -0.4 is 4.90 Å². The molecule has 1 saturated heterocycles. The molecule has 0 atom stereocenters. The molecule has 0 bridgehead atoms. The van der Waals surface area contributed by atoms with Crippen molar-refractivity contribution in [2.24, 2.45) is 0 Å². The topological polar surface area (TPSA) is 19.4 Å². The number of piperidine rings is 1. The predicted molar refractivity (Wildman–Crippen MR) is 131 cm³/mol. The van der Waals surface area contributed by atoms with E-state index >= 15 is 0 Å². The smallest absolute Gasteiger partial charge is 0.123 e. The number of halogens is 1. The SMILES string of the molecule is C=C(c1ccc2c(c1)N(C1CCN(CC)CC1)CC2)c1ccccn1.Fc1ccccc1. The third-order valence-electron chi connectivity index (χ3n) is 6.52. The Morgan fingerprint density at radius 3 is 2.38 bits per heavy atom. The maximum absolute atomic E-state index is 11.9. The summed E-state index contributed by atoms with van der Waals surface area (Å²) in [5, 5.41) is 0. The van der Waals surface area contributed by atoms with Gasteiger partial charge in [-0.25, -0.2) is 4.39 Å². The number of anilines is 1. The van der Waals surface area contributed by atoms with Crippen LogP contribution in [-0.4, -0.2) is 42.1 Å². The molecule has 1 aromatic heterocycles. The van der Waals surface area contributed by atoms with Crippen molar-refractivity contribution in [3.63, 3.8) is 0 Å². The van der Waals surface area contributed by atoms with E-state index in [0.29, 0.717) is 6.04 Å². The van der Waals surface area contributed by atoms with Gasteiger partial charge < -0.3 is 9.80 Å². The number of pyridine rings is 1. The van der Waals surface area contributed by atoms with Crippen LogP contribution >= 0.6 is 0 Å². The number of hydrogen-bond donors (Lipinski definition) is 0. The Labute approximate surface area is 191 Å². The third kappa shape index (κ3) is 5.25. The largest absolute Gasteiger partial charge is 0.368 e. The summed E-state index contributed by atoms with van der Waals surface area (Å²) in [5.41, 5.74) is 6.06. The van der Waals surface area contributed by atoms with Crippen LogP contribution in [0.15, 0.2) is 79.5 Å². The molecule has 4 heteroatoms. The molecule has 0 N–H and O–H groups in total. The van der Waals surface area contributed by atoms with E-state index in [4.69, 9.17) is 0 Å². The summed E-state index contributed by atoms with van der Waals surface area (Å²) in [7, 11) is 0. The third-order valence-corrected chi connectivity index (χ3v) is 6.52. The number of aromatic nitrogens is 1. The summed E-state index contributed by atoms with van der Waals surface area (Å²) in [6, 6.07) is 21.5. The number of hydrogen-bond acceptors (Lipinski definition) is 3. The van der Waals surface area contributed by atoms with Gasteiger partial charge in [-0.3, -0.25) is 4.98 Å². The highest BCUT2D eigenvalue weighted by molar-refractivity contribution is 5.79. The zero-order chi connectivity index (χ0) is 22.3. The van der Waals surface area contributed by atoms with Crippen molar-refractivity contribution in [2.45, 2.75) is 32.2 Å². The highest BCUT2D eigenvalue weighted by Gasteiger charge is 2.29. The maximum atomic E-state index is 11.9. The number of rotatable bonds is 4. The van der Waals surface area contributed by atoms with Gasteiger partial charge in [0.15, 0.2) is 0 Å². The highest BCUT2D eigenvalue weighted by atomic mass is 19.1. The fraction of sp³-hybridized carbons (Fsp3) is 0.321. The highest BCUT2D eigenvalue weighted by Crippen LogP contribution is 2.35. The van der Waals surface area contributed by atoms with E-state index in [1.807, 2.05) is 24.4 Å². The molecule has 3 nitrogen and oxygen atoms in total. The van der Waals surface area contributed by atoms with Crippen molar-refractivity contribution in [1.82, 2.24) is 9.88 Å². The molecular weight excluding hydrogens is 397 g/mol. The van der Waals surface area contributed by atoms with E-state index in [1.165, 1.54) is 67.8 Å². The van der Waals surface area contributed by atoms with Gasteiger partial charge in [-0.1, -0.05) is 49.9 Å². The summed E-state index contributed by atoms with van der Waals surface area (Å²) in [5.74, 6) is -0.178. The fourth-order valence-corrected chi connectivity index (χ4v) is 4.62. The van der Waals surface area contributed by atoms with E-state index < -0.39 is 0 Å². The lowest BCUT2D eigenvalue weighted by atomic mass is 9.99. The minimum atomic E-state index is -0.178. The van der Waals surface area contributed by atoms with Crippen LogP contribution in [0.1, 0.15) is 36.6 Å². The van der Waals surface area contributed by atoms with E-state index in [-0.39, 0.29) is 5.82 Å². The second-order valence-electron chi connectivity index (χ2n) is 8.44. The zero-order valence-corrected chi connectivity index (χ0v) is 18.9. The molecule has 2 aliphatic heterocycles. The second kappa shape index (κ2) is 10.6. The minimum Gasteiger partial charge on any atom is -0.368 e. The van der Waals surface area contributed by atoms with Gasteiger partial charge in [0.2, 0.25) is 0 Å². The van der Waals surface area contributed by atoms with Crippen molar-refractivity contribution in [1.29, 1.82) is 0 Å². The van der Waals surface area contributed by atoms with E-state index in [9.17, 15) is 4.39 Å². The quantitative estimate of drug-likeness (QED) is 0.521. The van der Waals surface area contributed by atoms with Gasteiger partial charge >= 0.3 is 0 Å². The lowest BCUT2D eigenvalue weighted by Crippen LogP contribution is -2.44. The van der Waals surface area contributed by atoms with E-state index in [2.05, 4.69) is 46.5 Å². The first-order valence-electron chi connectivity index (χ1n) is 11.6. The van der Waals surface area contributed by atoms with Crippen LogP contribution in [0.2, 0.25) is 0 Å². The average molecular weight is 430 g/mol. The fourth-order valence-electron chi connectivity index (χ4n) is 4.62. The van der Waals surface area contributed by atoms with Crippen LogP contribution in [0, 0.1) is 5.82 Å². The Balaban J connectivity index is 0.000000300. The van der Waals surface area contributed by atoms with E-state index in [0.717, 1.165) is 17.8 Å². The lowest BCUT2D eigenvalue weighted by Gasteiger charge is -2.37. The summed E-state index contributed by atoms with van der Waals surface area (Å²) >= 11 is 0. The van der Waals surface area contributed by atoms with Crippen molar-refractivity contribution < 1.29 is 4.39 Å². The first-order valence-corrected chi connectivity index (χ1v) is 11.6. The molecule has 2 aromatic carbocycles. The molecule has 1 fully saturated rings. The molecule has 0 spiro atoms. The van der Waals surface area contributed by atoms with Crippen molar-refractivity contribution in [3.8, 4) is 0 Å². The van der Waals surface area contributed by atoms with Gasteiger partial charge in [0, 0.05) is 43.1 Å². The number of likely N-dealkylation sites (tertiary alicyclic amines) is 1. The van der Waals surface area contributed by atoms with Crippen LogP contribution in [0.5, 0.6) is 0 Å². The summed E-state index contributed by atoms with van der Waals surface area (Å²) in [6.45, 7) is 11.4. The number of fused-ring (bicyclic) bond motifs is 1. The molecule has 32 heavy (non-hydrogen) atoms. The molecule has 3 aromatic rings. The van der Waals surface area contributed by atoms with Gasteiger partial charge in [0.25, 0.3) is 0 Å². The maximum Gasteiger partial charge on any atom is 0.123 e. The zero-order valence-electron chi connectivity index (χ0n) is 18.9. The first kappa shape index (κ1) is 22.2. The average Bonchev–Trinajstić information content (AvgIpc) is 3.28. The van der Waals surface area contributed by atoms with Crippen LogP contribution in [0.25, 0.3) is 5.57 Å². The predicted octanol–water partition coefficient (Wildman–Crippen LogP) is 5.82. The number of nitrogens with zero attached hydrogens (tertiary/aromatic N) is 3. The molecule has 5 rings (SSSR count). The van der Waals surface area contributed by atoms with Crippen LogP contribution in [-0.2, 0) is 6.42 Å². The first-order chi connectivity index (χ1) is 15.7. The van der Waals surface area contributed by atoms with Crippen LogP contribution in [0.3, 0.4) is 0 Å². The molecule has 2 aliphatic rings. The Kier molecular flexibility index (Phi) is 7.33. The molecule has 0 amide bonds. The Morgan fingerprint density at radius 2 is 1.75 bits per heavy atom. The second-order valence-corrected chi connectivity index (χ2v) is 8.44. The van der Waals surface area contributed by atoms with Crippen molar-refractivity contribution >= 4 is 11.3 Å². The normalized spacial score (nSPS) is 16.2. The summed E-state index contributed by atoms with van der Waals surface area (Å²) in [4.78, 5) is 9.67. The van der Waals surface area contributed by atoms with Gasteiger partial charge in [0.1, 0.15) is 5.82 Å². The van der Waals surface area contributed by atoms with Gasteiger partial charge in [-0.05, 0) is 67.3 Å². The Bertz CT molecular complexity index is 1010. The molecule has 0 radical (unpaired) electrons. The molecule has 0 unspecified atom stereocenters. The monoisotopic (exact) mass is 429 g/mol. The van der Waals surface area contributed by atoms with Crippen molar-refractivity contribution in [2.75, 3.05) is 31.1 Å². The van der Waals surface area contributed by atoms with Gasteiger partial charge in [-0.2, -0.15) is 0 Å². The Morgan fingerprint density at radius 1 is 1.00 bits per heavy atom. The van der Waals surface area contributed by atoms with Crippen LogP contribution in [0.4, 0.5) is 10.1 Å². The van der Waals surface area contributed by atoms with Gasteiger partial charge in [-0.15, -0.1) is 0 Å².